The van der Waals surface area contributed by atoms with Crippen LogP contribution in [0.25, 0.3) is 82.1 Å². The normalized spacial score (nSPS) is 17.0. The SMILES string of the molecule is OC1=C(O)C(O)C(O)C(O)=C1c1c2ccccc2c(-c2cc(-c3cccc4oc5ccccc5c34)cc3ccccc23)c2ccccc12. The summed E-state index contributed by atoms with van der Waals surface area (Å²) in [5.41, 5.74) is 5.97. The minimum Gasteiger partial charge on any atom is -0.509 e. The number of aliphatic hydroxyl groups is 5. The standard InChI is InChI=1S/C42H28O6/c43-38-37(39(44)41(46)42(47)40(38)45)36-28-14-5-3-12-26(28)34(27-13-4-6-15-29(27)36)31-21-23(20-22-10-1-2-11-24(22)31)25-17-9-19-33-35(25)30-16-7-8-18-32(30)48-33/h1-21,40,42-47H. The fourth-order valence-corrected chi connectivity index (χ4v) is 7.46. The third-order valence-electron chi connectivity index (χ3n) is 9.62. The zero-order chi connectivity index (χ0) is 32.7. The van der Waals surface area contributed by atoms with E-state index in [0.29, 0.717) is 16.3 Å². The van der Waals surface area contributed by atoms with E-state index >= 15 is 0 Å². The van der Waals surface area contributed by atoms with E-state index in [2.05, 4.69) is 36.4 Å². The molecule has 2 atom stereocenters. The maximum atomic E-state index is 11.2. The summed E-state index contributed by atoms with van der Waals surface area (Å²) < 4.78 is 6.24. The van der Waals surface area contributed by atoms with Crippen molar-refractivity contribution in [3.8, 4) is 22.3 Å². The molecule has 7 aromatic carbocycles. The Morgan fingerprint density at radius 2 is 1.00 bits per heavy atom. The predicted octanol–water partition coefficient (Wildman–Crippen LogP) is 9.71. The lowest BCUT2D eigenvalue weighted by atomic mass is 9.81. The monoisotopic (exact) mass is 628 g/mol. The molecule has 0 saturated carbocycles. The fourth-order valence-electron chi connectivity index (χ4n) is 7.46. The van der Waals surface area contributed by atoms with Gasteiger partial charge in [-0.1, -0.05) is 103 Å². The molecule has 0 bridgehead atoms. The molecule has 0 saturated heterocycles. The molecule has 0 aliphatic heterocycles. The second kappa shape index (κ2) is 10.5. The van der Waals surface area contributed by atoms with E-state index in [1.807, 2.05) is 91.0 Å². The van der Waals surface area contributed by atoms with Crippen LogP contribution in [0.1, 0.15) is 5.56 Å². The van der Waals surface area contributed by atoms with Crippen LogP contribution in [0.5, 0.6) is 0 Å². The van der Waals surface area contributed by atoms with Crippen molar-refractivity contribution >= 4 is 59.8 Å². The van der Waals surface area contributed by atoms with Gasteiger partial charge in [0.2, 0.25) is 0 Å². The summed E-state index contributed by atoms with van der Waals surface area (Å²) in [6, 6.07) is 42.3. The van der Waals surface area contributed by atoms with Gasteiger partial charge in [0.25, 0.3) is 0 Å². The summed E-state index contributed by atoms with van der Waals surface area (Å²) >= 11 is 0. The number of aliphatic hydroxyl groups excluding tert-OH is 5. The summed E-state index contributed by atoms with van der Waals surface area (Å²) in [5.74, 6) is -2.10. The maximum Gasteiger partial charge on any atom is 0.167 e. The van der Waals surface area contributed by atoms with Crippen molar-refractivity contribution in [1.29, 1.82) is 0 Å². The number of hydrogen-bond donors (Lipinski definition) is 5. The average Bonchev–Trinajstić information content (AvgIpc) is 3.51. The summed E-state index contributed by atoms with van der Waals surface area (Å²) in [4.78, 5) is 0. The van der Waals surface area contributed by atoms with Crippen LogP contribution in [0.3, 0.4) is 0 Å². The Bertz CT molecular complexity index is 2640. The van der Waals surface area contributed by atoms with Gasteiger partial charge in [-0.25, -0.2) is 0 Å². The van der Waals surface area contributed by atoms with Crippen LogP contribution in [0.4, 0.5) is 0 Å². The molecule has 1 heterocycles. The highest BCUT2D eigenvalue weighted by atomic mass is 16.4. The highest BCUT2D eigenvalue weighted by molar-refractivity contribution is 6.23. The first-order valence-corrected chi connectivity index (χ1v) is 15.7. The minimum absolute atomic E-state index is 0.124. The molecule has 9 rings (SSSR count). The number of benzene rings is 7. The van der Waals surface area contributed by atoms with Crippen molar-refractivity contribution in [2.45, 2.75) is 12.2 Å². The van der Waals surface area contributed by atoms with Gasteiger partial charge in [-0.05, 0) is 78.8 Å². The summed E-state index contributed by atoms with van der Waals surface area (Å²) in [6.45, 7) is 0. The van der Waals surface area contributed by atoms with Gasteiger partial charge in [0.15, 0.2) is 11.5 Å². The molecule has 0 spiro atoms. The second-order valence-corrected chi connectivity index (χ2v) is 12.2. The van der Waals surface area contributed by atoms with E-state index < -0.39 is 29.5 Å². The van der Waals surface area contributed by atoms with Crippen LogP contribution in [0, 0.1) is 0 Å². The van der Waals surface area contributed by atoms with E-state index in [1.165, 1.54) is 0 Å². The number of furan rings is 1. The van der Waals surface area contributed by atoms with Crippen molar-refractivity contribution in [2.75, 3.05) is 0 Å². The summed E-state index contributed by atoms with van der Waals surface area (Å²) in [7, 11) is 0. The van der Waals surface area contributed by atoms with Gasteiger partial charge in [0.05, 0.1) is 5.57 Å². The smallest absolute Gasteiger partial charge is 0.167 e. The van der Waals surface area contributed by atoms with Crippen molar-refractivity contribution in [3.05, 3.63) is 150 Å². The van der Waals surface area contributed by atoms with Crippen LogP contribution in [-0.4, -0.2) is 37.7 Å². The molecule has 1 aliphatic carbocycles. The molecular formula is C42H28O6. The van der Waals surface area contributed by atoms with E-state index in [9.17, 15) is 25.5 Å². The van der Waals surface area contributed by atoms with Crippen LogP contribution >= 0.6 is 0 Å². The van der Waals surface area contributed by atoms with Crippen LogP contribution < -0.4 is 0 Å². The number of fused-ring (bicyclic) bond motifs is 6. The van der Waals surface area contributed by atoms with Gasteiger partial charge < -0.3 is 29.9 Å². The molecule has 1 aliphatic rings. The lowest BCUT2D eigenvalue weighted by Crippen LogP contribution is -2.34. The van der Waals surface area contributed by atoms with Gasteiger partial charge in [-0.3, -0.25) is 0 Å². The molecule has 0 amide bonds. The van der Waals surface area contributed by atoms with Crippen molar-refractivity contribution < 1.29 is 29.9 Å². The quantitative estimate of drug-likeness (QED) is 0.125. The van der Waals surface area contributed by atoms with Gasteiger partial charge in [0.1, 0.15) is 29.1 Å². The Morgan fingerprint density at radius 1 is 0.458 bits per heavy atom. The fraction of sp³-hybridized carbons (Fsp3) is 0.0476. The highest BCUT2D eigenvalue weighted by Crippen LogP contribution is 2.48. The highest BCUT2D eigenvalue weighted by Gasteiger charge is 2.38. The van der Waals surface area contributed by atoms with Crippen LogP contribution in [0.2, 0.25) is 0 Å². The predicted molar refractivity (Wildman–Crippen MR) is 191 cm³/mol. The average molecular weight is 629 g/mol. The maximum absolute atomic E-state index is 11.2. The largest absolute Gasteiger partial charge is 0.509 e. The Balaban J connectivity index is 1.41. The molecule has 6 heteroatoms. The van der Waals surface area contributed by atoms with Crippen molar-refractivity contribution in [1.82, 2.24) is 0 Å². The first kappa shape index (κ1) is 28.2. The molecular weight excluding hydrogens is 600 g/mol. The van der Waals surface area contributed by atoms with Crippen LogP contribution in [0.15, 0.2) is 149 Å². The molecule has 5 N–H and O–H groups in total. The molecule has 8 aromatic rings. The first-order valence-electron chi connectivity index (χ1n) is 15.7. The molecule has 0 fully saturated rings. The van der Waals surface area contributed by atoms with Crippen LogP contribution in [-0.2, 0) is 0 Å². The second-order valence-electron chi connectivity index (χ2n) is 12.2. The number of rotatable bonds is 3. The van der Waals surface area contributed by atoms with Crippen molar-refractivity contribution in [3.63, 3.8) is 0 Å². The Labute approximate surface area is 274 Å². The van der Waals surface area contributed by atoms with Gasteiger partial charge >= 0.3 is 0 Å². The summed E-state index contributed by atoms with van der Waals surface area (Å²) in [5, 5.41) is 61.1. The third-order valence-corrected chi connectivity index (χ3v) is 9.62. The van der Waals surface area contributed by atoms with Gasteiger partial charge in [-0.15, -0.1) is 0 Å². The molecule has 6 nitrogen and oxygen atoms in total. The van der Waals surface area contributed by atoms with Gasteiger partial charge in [0, 0.05) is 16.3 Å². The zero-order valence-corrected chi connectivity index (χ0v) is 25.4. The van der Waals surface area contributed by atoms with E-state index in [4.69, 9.17) is 4.42 Å². The molecule has 1 aromatic heterocycles. The number of para-hydroxylation sites is 1. The van der Waals surface area contributed by atoms with E-state index in [1.54, 1.807) is 0 Å². The van der Waals surface area contributed by atoms with Crippen molar-refractivity contribution in [2.24, 2.45) is 0 Å². The van der Waals surface area contributed by atoms with E-state index in [0.717, 1.165) is 65.7 Å². The van der Waals surface area contributed by atoms with E-state index in [-0.39, 0.29) is 5.57 Å². The Kier molecular flexibility index (Phi) is 6.14. The van der Waals surface area contributed by atoms with Gasteiger partial charge in [-0.2, -0.15) is 0 Å². The third kappa shape index (κ3) is 3.94. The minimum atomic E-state index is -1.85. The molecule has 232 valence electrons. The molecule has 48 heavy (non-hydrogen) atoms. The number of hydrogen-bond acceptors (Lipinski definition) is 6. The molecule has 2 unspecified atom stereocenters. The Hall–Kier alpha value is -6.08. The molecule has 0 radical (unpaired) electrons. The summed E-state index contributed by atoms with van der Waals surface area (Å²) in [6.07, 6.45) is -3.66. The number of allylic oxidation sites excluding steroid dienone is 1. The first-order chi connectivity index (χ1) is 23.4. The Morgan fingerprint density at radius 3 is 1.69 bits per heavy atom. The topological polar surface area (TPSA) is 114 Å². The lowest BCUT2D eigenvalue weighted by molar-refractivity contribution is 0.00949. The lowest BCUT2D eigenvalue weighted by Gasteiger charge is -2.27. The zero-order valence-electron chi connectivity index (χ0n) is 25.4.